The number of halogens is 3. The summed E-state index contributed by atoms with van der Waals surface area (Å²) in [5.74, 6) is -0.0802. The van der Waals surface area contributed by atoms with Gasteiger partial charge in [0, 0.05) is 30.1 Å². The van der Waals surface area contributed by atoms with Crippen molar-refractivity contribution in [3.05, 3.63) is 35.5 Å². The van der Waals surface area contributed by atoms with Gasteiger partial charge in [0.15, 0.2) is 0 Å². The molecule has 42 heavy (non-hydrogen) atoms. The van der Waals surface area contributed by atoms with Crippen LogP contribution in [0.5, 0.6) is 5.75 Å². The van der Waals surface area contributed by atoms with Crippen LogP contribution in [0, 0.1) is 0 Å². The second kappa shape index (κ2) is 17.2. The molecule has 1 saturated heterocycles. The number of carbonyl (C=O) groups excluding carboxylic acids is 1. The third-order valence-corrected chi connectivity index (χ3v) is 7.42. The molecule has 1 amide bonds. The highest BCUT2D eigenvalue weighted by Crippen LogP contribution is 2.36. The molecule has 1 unspecified atom stereocenters. The maximum Gasteiger partial charge on any atom is 0.421 e. The Morgan fingerprint density at radius 2 is 1.71 bits per heavy atom. The quantitative estimate of drug-likeness (QED) is 0.329. The molecule has 0 spiro atoms. The number of hydrogen-bond donors (Lipinski definition) is 4. The zero-order chi connectivity index (χ0) is 31.3. The number of ether oxygens (including phenoxy) is 1. The first-order chi connectivity index (χ1) is 20.0. The SMILES string of the molecule is CC.CNS(C)=O.COc1cc(C(=O)NC2CCN(C)CC2)ccc1Nc1ncc(C(F)(F)F)c(NC2CCCC2)n1. The molecule has 2 fully saturated rings. The number of nitrogens with one attached hydrogen (secondary N) is 4. The molecule has 4 N–H and O–H groups in total. The largest absolute Gasteiger partial charge is 0.495 e. The van der Waals surface area contributed by atoms with E-state index in [0.717, 1.165) is 57.8 Å². The minimum Gasteiger partial charge on any atom is -0.495 e. The van der Waals surface area contributed by atoms with Gasteiger partial charge < -0.3 is 25.6 Å². The lowest BCUT2D eigenvalue weighted by Gasteiger charge is -2.29. The molecule has 1 aromatic carbocycles. The summed E-state index contributed by atoms with van der Waals surface area (Å²) >= 11 is 0. The van der Waals surface area contributed by atoms with Gasteiger partial charge in [-0.2, -0.15) is 18.2 Å². The fraction of sp³-hybridized carbons (Fsp3) is 0.607. The van der Waals surface area contributed by atoms with Crippen LogP contribution in [0.25, 0.3) is 0 Å². The summed E-state index contributed by atoms with van der Waals surface area (Å²) in [6, 6.07) is 4.93. The number of carbonyl (C=O) groups is 1. The number of hydrogen-bond acceptors (Lipinski definition) is 8. The van der Waals surface area contributed by atoms with Gasteiger partial charge in [0.1, 0.15) is 17.1 Å². The number of nitrogens with zero attached hydrogens (tertiary/aromatic N) is 3. The van der Waals surface area contributed by atoms with E-state index in [2.05, 4.69) is 42.6 Å². The van der Waals surface area contributed by atoms with E-state index in [1.807, 2.05) is 13.8 Å². The van der Waals surface area contributed by atoms with Crippen LogP contribution in [-0.2, 0) is 17.2 Å². The molecule has 1 aliphatic carbocycles. The van der Waals surface area contributed by atoms with Gasteiger partial charge in [-0.25, -0.2) is 13.9 Å². The minimum absolute atomic E-state index is 0.000300. The predicted octanol–water partition coefficient (Wildman–Crippen LogP) is 4.95. The van der Waals surface area contributed by atoms with Gasteiger partial charge in [-0.3, -0.25) is 4.79 Å². The fourth-order valence-corrected chi connectivity index (χ4v) is 4.50. The standard InChI is InChI=1S/C24H31F3N6O2.C2H7NOS.C2H6/c1-33-11-9-17(10-12-33)30-22(34)15-7-8-19(20(13-15)35-2)31-23-28-14-18(24(25,26)27)21(32-23)29-16-5-3-4-6-16;1-3-5(2)4;1-2/h7-8,13-14,16-17H,3-6,9-12H2,1-2H3,(H,30,34)(H2,28,29,31,32);3H,1-2H3;1-2H3. The number of amides is 1. The maximum atomic E-state index is 13.5. The van der Waals surface area contributed by atoms with Crippen molar-refractivity contribution in [3.63, 3.8) is 0 Å². The summed E-state index contributed by atoms with van der Waals surface area (Å²) in [4.78, 5) is 23.0. The van der Waals surface area contributed by atoms with Crippen LogP contribution in [0.3, 0.4) is 0 Å². The van der Waals surface area contributed by atoms with Gasteiger partial charge in [-0.05, 0) is 71.1 Å². The van der Waals surface area contributed by atoms with Crippen molar-refractivity contribution in [2.24, 2.45) is 0 Å². The number of anilines is 3. The van der Waals surface area contributed by atoms with E-state index in [1.54, 1.807) is 31.5 Å². The Balaban J connectivity index is 0.000000797. The number of piperidine rings is 1. The van der Waals surface area contributed by atoms with Crippen molar-refractivity contribution in [3.8, 4) is 5.75 Å². The van der Waals surface area contributed by atoms with Crippen molar-refractivity contribution in [1.82, 2.24) is 24.9 Å². The smallest absolute Gasteiger partial charge is 0.421 e. The zero-order valence-electron chi connectivity index (χ0n) is 25.2. The Morgan fingerprint density at radius 1 is 1.10 bits per heavy atom. The van der Waals surface area contributed by atoms with Gasteiger partial charge in [0.25, 0.3) is 5.91 Å². The Morgan fingerprint density at radius 3 is 2.26 bits per heavy atom. The first-order valence-electron chi connectivity index (χ1n) is 14.2. The van der Waals surface area contributed by atoms with Crippen LogP contribution in [0.4, 0.5) is 30.6 Å². The lowest BCUT2D eigenvalue weighted by molar-refractivity contribution is -0.137. The van der Waals surface area contributed by atoms with E-state index in [-0.39, 0.29) is 29.8 Å². The molecule has 4 rings (SSSR count). The number of benzene rings is 1. The normalized spacial score (nSPS) is 16.8. The van der Waals surface area contributed by atoms with Crippen LogP contribution < -0.4 is 25.4 Å². The minimum atomic E-state index is -4.57. The molecule has 1 aromatic heterocycles. The Hall–Kier alpha value is -2.97. The molecular weight excluding hydrogens is 571 g/mol. The van der Waals surface area contributed by atoms with Crippen LogP contribution in [0.2, 0.25) is 0 Å². The van der Waals surface area contributed by atoms with Crippen molar-refractivity contribution in [2.75, 3.05) is 51.2 Å². The van der Waals surface area contributed by atoms with Crippen molar-refractivity contribution in [2.45, 2.75) is 70.6 Å². The monoisotopic (exact) mass is 615 g/mol. The Kier molecular flexibility index (Phi) is 14.4. The third-order valence-electron chi connectivity index (χ3n) is 6.84. The molecule has 0 radical (unpaired) electrons. The molecule has 10 nitrogen and oxygen atoms in total. The van der Waals surface area contributed by atoms with E-state index >= 15 is 0 Å². The molecule has 2 heterocycles. The van der Waals surface area contributed by atoms with Crippen molar-refractivity contribution >= 4 is 34.3 Å². The number of rotatable bonds is 8. The first-order valence-corrected chi connectivity index (χ1v) is 15.7. The summed E-state index contributed by atoms with van der Waals surface area (Å²) in [6.45, 7) is 5.86. The summed E-state index contributed by atoms with van der Waals surface area (Å²) in [5.41, 5.74) is -0.0268. The third kappa shape index (κ3) is 11.0. The summed E-state index contributed by atoms with van der Waals surface area (Å²) in [5, 5.41) is 8.92. The van der Waals surface area contributed by atoms with Gasteiger partial charge >= 0.3 is 6.18 Å². The van der Waals surface area contributed by atoms with Crippen LogP contribution in [0.1, 0.15) is 68.3 Å². The highest BCUT2D eigenvalue weighted by molar-refractivity contribution is 7.82. The molecule has 1 aliphatic heterocycles. The number of alkyl halides is 3. The van der Waals surface area contributed by atoms with Crippen LogP contribution in [-0.4, -0.2) is 77.6 Å². The molecule has 1 atom stereocenters. The Bertz CT molecular complexity index is 1160. The molecular formula is C28H44F3N7O3S. The second-order valence-electron chi connectivity index (χ2n) is 9.83. The number of methoxy groups -OCH3 is 1. The van der Waals surface area contributed by atoms with Crippen molar-refractivity contribution in [1.29, 1.82) is 0 Å². The zero-order valence-corrected chi connectivity index (χ0v) is 26.0. The lowest BCUT2D eigenvalue weighted by atomic mass is 10.0. The number of likely N-dealkylation sites (tertiary alicyclic amines) is 1. The van der Waals surface area contributed by atoms with Crippen LogP contribution >= 0.6 is 0 Å². The van der Waals surface area contributed by atoms with E-state index in [4.69, 9.17) is 4.74 Å². The molecule has 1 saturated carbocycles. The van der Waals surface area contributed by atoms with Gasteiger partial charge in [-0.1, -0.05) is 26.7 Å². The molecule has 236 valence electrons. The van der Waals surface area contributed by atoms with Gasteiger partial charge in [0.2, 0.25) is 5.95 Å². The topological polar surface area (TPSA) is 121 Å². The Labute approximate surface area is 249 Å². The fourth-order valence-electron chi connectivity index (χ4n) is 4.50. The van der Waals surface area contributed by atoms with Crippen LogP contribution in [0.15, 0.2) is 24.4 Å². The summed E-state index contributed by atoms with van der Waals surface area (Å²) in [6.07, 6.45) is 3.14. The molecule has 14 heteroatoms. The lowest BCUT2D eigenvalue weighted by Crippen LogP contribution is -2.43. The maximum absolute atomic E-state index is 13.5. The predicted molar refractivity (Wildman–Crippen MR) is 162 cm³/mol. The second-order valence-corrected chi connectivity index (χ2v) is 11.1. The average Bonchev–Trinajstić information content (AvgIpc) is 3.48. The van der Waals surface area contributed by atoms with Gasteiger partial charge in [0.05, 0.1) is 23.8 Å². The highest BCUT2D eigenvalue weighted by Gasteiger charge is 2.36. The summed E-state index contributed by atoms with van der Waals surface area (Å²) in [7, 11) is 4.34. The molecule has 0 bridgehead atoms. The number of aromatic nitrogens is 2. The van der Waals surface area contributed by atoms with Gasteiger partial charge in [-0.15, -0.1) is 0 Å². The molecule has 2 aromatic rings. The van der Waals surface area contributed by atoms with E-state index in [9.17, 15) is 22.2 Å². The average molecular weight is 616 g/mol. The molecule has 2 aliphatic rings. The first kappa shape index (κ1) is 35.2. The highest BCUT2D eigenvalue weighted by atomic mass is 32.2. The van der Waals surface area contributed by atoms with E-state index in [1.165, 1.54) is 7.11 Å². The van der Waals surface area contributed by atoms with E-state index < -0.39 is 22.7 Å². The van der Waals surface area contributed by atoms with Crippen molar-refractivity contribution < 1.29 is 26.9 Å². The van der Waals surface area contributed by atoms with E-state index in [0.29, 0.717) is 17.0 Å². The summed E-state index contributed by atoms with van der Waals surface area (Å²) < 4.78 is 58.3.